The number of hydrogen-bond acceptors (Lipinski definition) is 4. The van der Waals surface area contributed by atoms with E-state index in [4.69, 9.17) is 4.74 Å². The highest BCUT2D eigenvalue weighted by molar-refractivity contribution is 7.16. The molecule has 1 aromatic carbocycles. The summed E-state index contributed by atoms with van der Waals surface area (Å²) in [6, 6.07) is 10.3. The zero-order valence-electron chi connectivity index (χ0n) is 13.3. The Hall–Kier alpha value is -2.12. The van der Waals surface area contributed by atoms with Crippen LogP contribution in [0.1, 0.15) is 47.8 Å². The van der Waals surface area contributed by atoms with Crippen molar-refractivity contribution < 1.29 is 4.74 Å². The Morgan fingerprint density at radius 2 is 2.04 bits per heavy atom. The molecular formula is C19H20N2OS. The molecule has 3 rings (SSSR count). The van der Waals surface area contributed by atoms with E-state index in [9.17, 15) is 5.26 Å². The highest BCUT2D eigenvalue weighted by Gasteiger charge is 2.19. The van der Waals surface area contributed by atoms with Crippen molar-refractivity contribution in [1.29, 1.82) is 5.26 Å². The van der Waals surface area contributed by atoms with Crippen LogP contribution in [-0.2, 0) is 12.8 Å². The number of thiophene rings is 1. The first-order valence-corrected chi connectivity index (χ1v) is 8.95. The predicted octanol–water partition coefficient (Wildman–Crippen LogP) is 5.04. The van der Waals surface area contributed by atoms with Crippen molar-refractivity contribution in [3.63, 3.8) is 0 Å². The zero-order chi connectivity index (χ0) is 16.1. The minimum atomic E-state index is 0.736. The van der Waals surface area contributed by atoms with Gasteiger partial charge in [-0.3, -0.25) is 0 Å². The number of aryl methyl sites for hydroxylation is 1. The lowest BCUT2D eigenvalue weighted by Gasteiger charge is -2.09. The van der Waals surface area contributed by atoms with E-state index in [0.29, 0.717) is 0 Å². The molecule has 1 aliphatic rings. The molecule has 3 nitrogen and oxygen atoms in total. The van der Waals surface area contributed by atoms with Gasteiger partial charge in [0.05, 0.1) is 12.2 Å². The topological polar surface area (TPSA) is 45.4 Å². The Kier molecular flexibility index (Phi) is 5.09. The van der Waals surface area contributed by atoms with Crippen molar-refractivity contribution in [2.75, 3.05) is 6.61 Å². The van der Waals surface area contributed by atoms with Crippen LogP contribution in [0.4, 0.5) is 5.00 Å². The SMILES string of the molecule is CCCOc1ccc(C=Nc2sc3c(c2C#N)CCCC3)cc1. The fourth-order valence-corrected chi connectivity index (χ4v) is 3.94. The second kappa shape index (κ2) is 7.43. The van der Waals surface area contributed by atoms with Crippen LogP contribution in [0, 0.1) is 11.3 Å². The zero-order valence-corrected chi connectivity index (χ0v) is 14.2. The van der Waals surface area contributed by atoms with Crippen LogP contribution in [0.2, 0.25) is 0 Å². The molecule has 0 aliphatic heterocycles. The van der Waals surface area contributed by atoms with E-state index in [2.05, 4.69) is 18.0 Å². The number of benzene rings is 1. The van der Waals surface area contributed by atoms with E-state index < -0.39 is 0 Å². The number of aliphatic imine (C=N–C) groups is 1. The van der Waals surface area contributed by atoms with Crippen molar-refractivity contribution >= 4 is 22.6 Å². The van der Waals surface area contributed by atoms with Crippen molar-refractivity contribution in [3.8, 4) is 11.8 Å². The maximum Gasteiger partial charge on any atom is 0.134 e. The summed E-state index contributed by atoms with van der Waals surface area (Å²) >= 11 is 1.67. The average Bonchev–Trinajstić information content (AvgIpc) is 2.96. The molecule has 1 aliphatic carbocycles. The van der Waals surface area contributed by atoms with Crippen LogP contribution >= 0.6 is 11.3 Å². The van der Waals surface area contributed by atoms with Crippen LogP contribution < -0.4 is 4.74 Å². The first-order valence-electron chi connectivity index (χ1n) is 8.13. The molecule has 0 amide bonds. The lowest BCUT2D eigenvalue weighted by molar-refractivity contribution is 0.317. The van der Waals surface area contributed by atoms with Gasteiger partial charge in [0.15, 0.2) is 0 Å². The summed E-state index contributed by atoms with van der Waals surface area (Å²) in [6.45, 7) is 2.83. The summed E-state index contributed by atoms with van der Waals surface area (Å²) in [4.78, 5) is 5.92. The standard InChI is InChI=1S/C19H20N2OS/c1-2-11-22-15-9-7-14(8-10-15)13-21-19-17(12-20)16-5-3-4-6-18(16)23-19/h7-10,13H,2-6,11H2,1H3. The smallest absolute Gasteiger partial charge is 0.134 e. The molecule has 0 unspecified atom stereocenters. The van der Waals surface area contributed by atoms with Crippen molar-refractivity contribution in [1.82, 2.24) is 0 Å². The van der Waals surface area contributed by atoms with Gasteiger partial charge < -0.3 is 4.74 Å². The minimum Gasteiger partial charge on any atom is -0.494 e. The first kappa shape index (κ1) is 15.8. The van der Waals surface area contributed by atoms with Crippen LogP contribution in [0.3, 0.4) is 0 Å². The van der Waals surface area contributed by atoms with Crippen LogP contribution in [0.15, 0.2) is 29.3 Å². The molecule has 0 radical (unpaired) electrons. The number of nitriles is 1. The highest BCUT2D eigenvalue weighted by atomic mass is 32.1. The summed E-state index contributed by atoms with van der Waals surface area (Å²) in [5.74, 6) is 0.883. The van der Waals surface area contributed by atoms with Gasteiger partial charge in [-0.15, -0.1) is 11.3 Å². The molecule has 0 bridgehead atoms. The van der Waals surface area contributed by atoms with E-state index in [0.717, 1.165) is 47.7 Å². The maximum absolute atomic E-state index is 9.45. The van der Waals surface area contributed by atoms with Crippen LogP contribution in [0.5, 0.6) is 5.75 Å². The van der Waals surface area contributed by atoms with Crippen LogP contribution in [-0.4, -0.2) is 12.8 Å². The van der Waals surface area contributed by atoms with Crippen molar-refractivity contribution in [3.05, 3.63) is 45.8 Å². The van der Waals surface area contributed by atoms with Crippen LogP contribution in [0.25, 0.3) is 0 Å². The fourth-order valence-electron chi connectivity index (χ4n) is 2.76. The van der Waals surface area contributed by atoms with E-state index >= 15 is 0 Å². The molecule has 0 N–H and O–H groups in total. The normalized spacial score (nSPS) is 13.7. The van der Waals surface area contributed by atoms with Gasteiger partial charge in [-0.25, -0.2) is 4.99 Å². The van der Waals surface area contributed by atoms with E-state index in [1.165, 1.54) is 23.3 Å². The third kappa shape index (κ3) is 3.62. The van der Waals surface area contributed by atoms with Gasteiger partial charge in [0.1, 0.15) is 16.8 Å². The van der Waals surface area contributed by atoms with Gasteiger partial charge in [-0.2, -0.15) is 5.26 Å². The molecular weight excluding hydrogens is 304 g/mol. The number of fused-ring (bicyclic) bond motifs is 1. The minimum absolute atomic E-state index is 0.736. The summed E-state index contributed by atoms with van der Waals surface area (Å²) < 4.78 is 5.58. The monoisotopic (exact) mass is 324 g/mol. The Balaban J connectivity index is 1.77. The van der Waals surface area contributed by atoms with Gasteiger partial charge in [0.2, 0.25) is 0 Å². The molecule has 1 heterocycles. The molecule has 23 heavy (non-hydrogen) atoms. The van der Waals surface area contributed by atoms with E-state index in [1.54, 1.807) is 11.3 Å². The summed E-state index contributed by atoms with van der Waals surface area (Å²) in [5, 5.41) is 10.3. The molecule has 4 heteroatoms. The molecule has 0 fully saturated rings. The Labute approximate surface area is 141 Å². The summed E-state index contributed by atoms with van der Waals surface area (Å²) in [7, 11) is 0. The predicted molar refractivity (Wildman–Crippen MR) is 95.2 cm³/mol. The molecule has 0 saturated carbocycles. The third-order valence-corrected chi connectivity index (χ3v) is 5.15. The Morgan fingerprint density at radius 3 is 2.78 bits per heavy atom. The number of rotatable bonds is 5. The lowest BCUT2D eigenvalue weighted by Crippen LogP contribution is -1.99. The Morgan fingerprint density at radius 1 is 1.26 bits per heavy atom. The number of hydrogen-bond donors (Lipinski definition) is 0. The van der Waals surface area contributed by atoms with Gasteiger partial charge in [0.25, 0.3) is 0 Å². The lowest BCUT2D eigenvalue weighted by atomic mass is 9.96. The van der Waals surface area contributed by atoms with Crippen molar-refractivity contribution in [2.45, 2.75) is 39.0 Å². The quantitative estimate of drug-likeness (QED) is 0.723. The number of ether oxygens (including phenoxy) is 1. The third-order valence-electron chi connectivity index (χ3n) is 3.95. The molecule has 0 saturated heterocycles. The van der Waals surface area contributed by atoms with Gasteiger partial charge >= 0.3 is 0 Å². The number of nitrogens with zero attached hydrogens (tertiary/aromatic N) is 2. The summed E-state index contributed by atoms with van der Waals surface area (Å²) in [6.07, 6.45) is 7.35. The highest BCUT2D eigenvalue weighted by Crippen LogP contribution is 2.39. The van der Waals surface area contributed by atoms with Crippen molar-refractivity contribution in [2.24, 2.45) is 4.99 Å². The largest absolute Gasteiger partial charge is 0.494 e. The fraction of sp³-hybridized carbons (Fsp3) is 0.368. The van der Waals surface area contributed by atoms with E-state index in [-0.39, 0.29) is 0 Å². The first-order chi connectivity index (χ1) is 11.3. The molecule has 118 valence electrons. The van der Waals surface area contributed by atoms with Gasteiger partial charge in [-0.1, -0.05) is 6.92 Å². The summed E-state index contributed by atoms with van der Waals surface area (Å²) in [5.41, 5.74) is 3.03. The maximum atomic E-state index is 9.45. The second-order valence-corrected chi connectivity index (χ2v) is 6.76. The molecule has 0 atom stereocenters. The average molecular weight is 324 g/mol. The Bertz CT molecular complexity index is 738. The molecule has 2 aromatic rings. The van der Waals surface area contributed by atoms with E-state index in [1.807, 2.05) is 30.5 Å². The molecule has 0 spiro atoms. The second-order valence-electron chi connectivity index (χ2n) is 5.68. The van der Waals surface area contributed by atoms with Gasteiger partial charge in [-0.05, 0) is 67.5 Å². The van der Waals surface area contributed by atoms with Gasteiger partial charge in [0, 0.05) is 11.1 Å². The molecule has 1 aromatic heterocycles.